The van der Waals surface area contributed by atoms with Crippen LogP contribution < -0.4 is 10.6 Å². The van der Waals surface area contributed by atoms with E-state index in [0.29, 0.717) is 16.6 Å². The van der Waals surface area contributed by atoms with Gasteiger partial charge in [0.15, 0.2) is 5.11 Å². The first kappa shape index (κ1) is 19.9. The van der Waals surface area contributed by atoms with Crippen LogP contribution in [0, 0.1) is 19.8 Å². The molecule has 0 heterocycles. The van der Waals surface area contributed by atoms with Gasteiger partial charge in [-0.1, -0.05) is 44.2 Å². The Balaban J connectivity index is 2.19. The summed E-state index contributed by atoms with van der Waals surface area (Å²) in [5, 5.41) is 7.16. The lowest BCUT2D eigenvalue weighted by Crippen LogP contribution is -2.35. The maximum absolute atomic E-state index is 11.8. The molecule has 138 valence electrons. The van der Waals surface area contributed by atoms with Crippen LogP contribution in [0.4, 0.5) is 5.69 Å². The molecule has 2 aromatic carbocycles. The SMILES string of the molecule is COC(=O)c1ccc(C)c(NC(=S)N[C@@H](c2ccccc2C)C(C)C)c1. The van der Waals surface area contributed by atoms with Crippen molar-refractivity contribution in [1.82, 2.24) is 5.32 Å². The number of esters is 1. The summed E-state index contributed by atoms with van der Waals surface area (Å²) in [4.78, 5) is 11.8. The molecule has 26 heavy (non-hydrogen) atoms. The highest BCUT2D eigenvalue weighted by molar-refractivity contribution is 7.80. The third kappa shape index (κ3) is 4.82. The normalized spacial score (nSPS) is 11.8. The molecule has 4 nitrogen and oxygen atoms in total. The molecule has 0 saturated heterocycles. The van der Waals surface area contributed by atoms with Crippen molar-refractivity contribution in [3.05, 3.63) is 64.7 Å². The first-order valence-corrected chi connectivity index (χ1v) is 9.06. The third-order valence-electron chi connectivity index (χ3n) is 4.38. The smallest absolute Gasteiger partial charge is 0.337 e. The Bertz CT molecular complexity index is 802. The number of ether oxygens (including phenoxy) is 1. The Morgan fingerprint density at radius 1 is 1.08 bits per heavy atom. The van der Waals surface area contributed by atoms with Gasteiger partial charge in [-0.25, -0.2) is 4.79 Å². The molecule has 0 aliphatic carbocycles. The fourth-order valence-corrected chi connectivity index (χ4v) is 3.08. The molecular formula is C21H26N2O2S. The van der Waals surface area contributed by atoms with E-state index in [4.69, 9.17) is 17.0 Å². The van der Waals surface area contributed by atoms with E-state index >= 15 is 0 Å². The topological polar surface area (TPSA) is 50.4 Å². The molecule has 0 aliphatic rings. The molecule has 5 heteroatoms. The minimum atomic E-state index is -0.369. The summed E-state index contributed by atoms with van der Waals surface area (Å²) in [5.74, 6) is -0.00903. The molecule has 0 unspecified atom stereocenters. The molecular weight excluding hydrogens is 344 g/mol. The van der Waals surface area contributed by atoms with Crippen molar-refractivity contribution in [3.63, 3.8) is 0 Å². The second-order valence-corrected chi connectivity index (χ2v) is 7.11. The predicted octanol–water partition coefficient (Wildman–Crippen LogP) is 4.77. The van der Waals surface area contributed by atoms with Crippen molar-refractivity contribution >= 4 is 29.0 Å². The average molecular weight is 371 g/mol. The maximum atomic E-state index is 11.8. The number of nitrogens with one attached hydrogen (secondary N) is 2. The zero-order valence-corrected chi connectivity index (χ0v) is 16.7. The molecule has 0 aliphatic heterocycles. The summed E-state index contributed by atoms with van der Waals surface area (Å²) in [6, 6.07) is 13.8. The van der Waals surface area contributed by atoms with E-state index in [-0.39, 0.29) is 12.0 Å². The van der Waals surface area contributed by atoms with E-state index in [9.17, 15) is 4.79 Å². The zero-order valence-electron chi connectivity index (χ0n) is 15.9. The third-order valence-corrected chi connectivity index (χ3v) is 4.60. The van der Waals surface area contributed by atoms with Crippen LogP contribution in [0.2, 0.25) is 0 Å². The second kappa shape index (κ2) is 8.81. The number of aryl methyl sites for hydroxylation is 2. The van der Waals surface area contributed by atoms with Gasteiger partial charge in [-0.15, -0.1) is 0 Å². The van der Waals surface area contributed by atoms with Crippen molar-refractivity contribution in [3.8, 4) is 0 Å². The van der Waals surface area contributed by atoms with Crippen LogP contribution in [0.5, 0.6) is 0 Å². The minimum Gasteiger partial charge on any atom is -0.465 e. The molecule has 2 rings (SSSR count). The average Bonchev–Trinajstić information content (AvgIpc) is 2.61. The van der Waals surface area contributed by atoms with Gasteiger partial charge in [0.1, 0.15) is 0 Å². The number of benzene rings is 2. The first-order valence-electron chi connectivity index (χ1n) is 8.65. The largest absolute Gasteiger partial charge is 0.465 e. The van der Waals surface area contributed by atoms with Crippen LogP contribution in [0.3, 0.4) is 0 Å². The Morgan fingerprint density at radius 3 is 2.38 bits per heavy atom. The number of hydrogen-bond donors (Lipinski definition) is 2. The molecule has 1 atom stereocenters. The minimum absolute atomic E-state index is 0.0975. The fourth-order valence-electron chi connectivity index (χ4n) is 2.84. The molecule has 2 N–H and O–H groups in total. The van der Waals surface area contributed by atoms with Gasteiger partial charge in [0.05, 0.1) is 18.7 Å². The van der Waals surface area contributed by atoms with Crippen LogP contribution in [0.15, 0.2) is 42.5 Å². The van der Waals surface area contributed by atoms with Gasteiger partial charge in [-0.2, -0.15) is 0 Å². The molecule has 0 radical (unpaired) electrons. The van der Waals surface area contributed by atoms with Crippen molar-refractivity contribution in [2.24, 2.45) is 5.92 Å². The predicted molar refractivity (Wildman–Crippen MR) is 111 cm³/mol. The quantitative estimate of drug-likeness (QED) is 0.586. The monoisotopic (exact) mass is 370 g/mol. The lowest BCUT2D eigenvalue weighted by Gasteiger charge is -2.26. The van der Waals surface area contributed by atoms with Crippen molar-refractivity contribution in [2.75, 3.05) is 12.4 Å². The van der Waals surface area contributed by atoms with Crippen LogP contribution >= 0.6 is 12.2 Å². The number of hydrogen-bond acceptors (Lipinski definition) is 3. The number of rotatable bonds is 5. The Hall–Kier alpha value is -2.40. The molecule has 0 aromatic heterocycles. The molecule has 0 saturated carbocycles. The fraction of sp³-hybridized carbons (Fsp3) is 0.333. The standard InChI is InChI=1S/C21H26N2O2S/c1-13(2)19(17-9-7-6-8-14(17)3)23-21(26)22-18-12-16(20(24)25-5)11-10-15(18)4/h6-13,19H,1-5H3,(H2,22,23,26)/t19-/m1/s1. The zero-order chi connectivity index (χ0) is 19.3. The van der Waals surface area contributed by atoms with Crippen LogP contribution in [-0.2, 0) is 4.74 Å². The highest BCUT2D eigenvalue weighted by Gasteiger charge is 2.19. The van der Waals surface area contributed by atoms with Crippen molar-refractivity contribution in [1.29, 1.82) is 0 Å². The Kier molecular flexibility index (Phi) is 6.75. The number of carbonyl (C=O) groups excluding carboxylic acids is 1. The summed E-state index contributed by atoms with van der Waals surface area (Å²) in [6.45, 7) is 8.39. The van der Waals surface area contributed by atoms with Crippen LogP contribution in [0.1, 0.15) is 46.9 Å². The van der Waals surface area contributed by atoms with Gasteiger partial charge >= 0.3 is 5.97 Å². The van der Waals surface area contributed by atoms with Gasteiger partial charge in [-0.05, 0) is 60.8 Å². The number of methoxy groups -OCH3 is 1. The molecule has 2 aromatic rings. The number of carbonyl (C=O) groups is 1. The highest BCUT2D eigenvalue weighted by atomic mass is 32.1. The number of anilines is 1. The van der Waals surface area contributed by atoms with Gasteiger partial charge in [0, 0.05) is 5.69 Å². The van der Waals surface area contributed by atoms with E-state index in [0.717, 1.165) is 11.3 Å². The van der Waals surface area contributed by atoms with E-state index in [2.05, 4.69) is 43.5 Å². The molecule has 0 fully saturated rings. The lowest BCUT2D eigenvalue weighted by molar-refractivity contribution is 0.0601. The van der Waals surface area contributed by atoms with Crippen molar-refractivity contribution < 1.29 is 9.53 Å². The summed E-state index contributed by atoms with van der Waals surface area (Å²) in [7, 11) is 1.37. The van der Waals surface area contributed by atoms with E-state index in [1.807, 2.05) is 25.1 Å². The Morgan fingerprint density at radius 2 is 1.77 bits per heavy atom. The van der Waals surface area contributed by atoms with E-state index in [1.165, 1.54) is 18.2 Å². The summed E-state index contributed by atoms with van der Waals surface area (Å²) < 4.78 is 4.79. The highest BCUT2D eigenvalue weighted by Crippen LogP contribution is 2.25. The maximum Gasteiger partial charge on any atom is 0.337 e. The lowest BCUT2D eigenvalue weighted by atomic mass is 9.93. The number of thiocarbonyl (C=S) groups is 1. The van der Waals surface area contributed by atoms with Crippen molar-refractivity contribution in [2.45, 2.75) is 33.7 Å². The Labute approximate surface area is 161 Å². The van der Waals surface area contributed by atoms with Crippen LogP contribution in [-0.4, -0.2) is 18.2 Å². The molecule has 0 bridgehead atoms. The van der Waals surface area contributed by atoms with Crippen LogP contribution in [0.25, 0.3) is 0 Å². The van der Waals surface area contributed by atoms with Gasteiger partial charge in [0.25, 0.3) is 0 Å². The van der Waals surface area contributed by atoms with Gasteiger partial charge in [-0.3, -0.25) is 0 Å². The summed E-state index contributed by atoms with van der Waals surface area (Å²) in [5.41, 5.74) is 4.73. The molecule has 0 spiro atoms. The summed E-state index contributed by atoms with van der Waals surface area (Å²) >= 11 is 5.53. The first-order chi connectivity index (χ1) is 12.3. The van der Waals surface area contributed by atoms with E-state index in [1.54, 1.807) is 12.1 Å². The molecule has 0 amide bonds. The second-order valence-electron chi connectivity index (χ2n) is 6.70. The van der Waals surface area contributed by atoms with E-state index < -0.39 is 0 Å². The van der Waals surface area contributed by atoms with Gasteiger partial charge < -0.3 is 15.4 Å². The summed E-state index contributed by atoms with van der Waals surface area (Å²) in [6.07, 6.45) is 0. The van der Waals surface area contributed by atoms with Gasteiger partial charge in [0.2, 0.25) is 0 Å².